The molecule has 0 bridgehead atoms. The van der Waals surface area contributed by atoms with Gasteiger partial charge in [-0.2, -0.15) is 0 Å². The van der Waals surface area contributed by atoms with Crippen molar-refractivity contribution in [3.63, 3.8) is 0 Å². The minimum absolute atomic E-state index is 0.0394. The number of rotatable bonds is 15. The fourth-order valence-electron chi connectivity index (χ4n) is 22.5. The molecule has 18 aromatic carbocycles. The highest BCUT2D eigenvalue weighted by molar-refractivity contribution is 5.96. The number of benzene rings is 18. The maximum atomic E-state index is 7.15. The molecule has 708 valence electrons. The van der Waals surface area contributed by atoms with E-state index < -0.39 is 0 Å². The van der Waals surface area contributed by atoms with Crippen molar-refractivity contribution in [2.45, 2.75) is 36.1 Å². The fourth-order valence-corrected chi connectivity index (χ4v) is 22.5. The van der Waals surface area contributed by atoms with E-state index in [-0.39, 0.29) is 36.1 Å². The van der Waals surface area contributed by atoms with Crippen molar-refractivity contribution in [1.29, 1.82) is 0 Å². The Hall–Kier alpha value is -19.8. The van der Waals surface area contributed by atoms with Gasteiger partial charge in [0.2, 0.25) is 0 Å². The van der Waals surface area contributed by atoms with Crippen molar-refractivity contribution in [3.05, 3.63) is 542 Å². The van der Waals surface area contributed by atoms with Gasteiger partial charge in [0.25, 0.3) is 0 Å². The van der Waals surface area contributed by atoms with Crippen LogP contribution in [0.25, 0.3) is 204 Å². The lowest BCUT2D eigenvalue weighted by Gasteiger charge is -2.22. The molecule has 150 heavy (non-hydrogen) atoms. The quantitative estimate of drug-likeness (QED) is 0.0958. The molecule has 0 radical (unpaired) electrons. The Kier molecular flexibility index (Phi) is 22.0. The largest absolute Gasteiger partial charge is 0.484 e. The first-order valence-corrected chi connectivity index (χ1v) is 50.8. The second-order valence-electron chi connectivity index (χ2n) is 38.2. The lowest BCUT2D eigenvalue weighted by atomic mass is 9.85. The third-order valence-corrected chi connectivity index (χ3v) is 29.5. The molecule has 6 aromatic heterocycles. The van der Waals surface area contributed by atoms with Crippen LogP contribution in [0.1, 0.15) is 86.5 Å². The normalized spacial score (nSPS) is 15.7. The molecule has 0 fully saturated rings. The molecule has 0 spiro atoms. The van der Waals surface area contributed by atoms with Gasteiger partial charge >= 0.3 is 0 Å². The molecule has 3 aliphatic heterocycles. The van der Waals surface area contributed by atoms with Crippen LogP contribution in [0, 0.1) is 0 Å². The number of fused-ring (bicyclic) bond motifs is 21. The number of hydrogen-bond acceptors (Lipinski definition) is 12. The van der Waals surface area contributed by atoms with Gasteiger partial charge in [-0.05, 0) is 124 Å². The van der Waals surface area contributed by atoms with Crippen LogP contribution in [0.5, 0.6) is 17.2 Å². The SMILES string of the molecule is C1=CC2c3cccc(-c4nc(-c5ccccc5)nc(-c5ccc(-c6ccccc6)cc5)n4)c3OC2c2c1n(-c1ccc(-c3ccccc3)cc1)c1ccccc21.C1=CC2c3cccc(-c4nc(-c5ccccc5)nc(-c5ccc(-c6ccccc6)cc5)n4)c3OC2c2c1n(-c1ccccc1)c1ccccc21.C1=CC2c3cccc(-c4nc(-c5ccccc5)nc(-c5ccccc5)n4)c3OC2c2c1n(-c1ccccc1)c1ccccc21. The minimum atomic E-state index is -0.207. The number of ether oxygens (including phenoxy) is 3. The molecule has 6 atom stereocenters. The van der Waals surface area contributed by atoms with E-state index in [4.69, 9.17) is 59.1 Å². The third kappa shape index (κ3) is 15.6. The van der Waals surface area contributed by atoms with E-state index in [1.807, 2.05) is 133 Å². The highest BCUT2D eigenvalue weighted by atomic mass is 16.5. The van der Waals surface area contributed by atoms with E-state index in [1.54, 1.807) is 0 Å². The van der Waals surface area contributed by atoms with Gasteiger partial charge in [-0.25, -0.2) is 44.9 Å². The fraction of sp³-hybridized carbons (Fsp3) is 0.0444. The average Bonchev–Trinajstić information content (AvgIpc) is 1.56. The van der Waals surface area contributed by atoms with Crippen LogP contribution in [0.15, 0.2) is 491 Å². The van der Waals surface area contributed by atoms with Crippen LogP contribution >= 0.6 is 0 Å². The lowest BCUT2D eigenvalue weighted by molar-refractivity contribution is 0.225. The Bertz CT molecular complexity index is 9340. The van der Waals surface area contributed by atoms with E-state index in [2.05, 4.69) is 390 Å². The number of hydrogen-bond donors (Lipinski definition) is 0. The molecule has 30 rings (SSSR count). The first-order chi connectivity index (χ1) is 74.4. The smallest absolute Gasteiger partial charge is 0.167 e. The number of aromatic nitrogens is 12. The van der Waals surface area contributed by atoms with Gasteiger partial charge in [-0.3, -0.25) is 0 Å². The van der Waals surface area contributed by atoms with Gasteiger partial charge in [0, 0.05) is 118 Å². The van der Waals surface area contributed by atoms with Crippen LogP contribution in [-0.2, 0) is 0 Å². The molecule has 3 aliphatic carbocycles. The number of nitrogens with zero attached hydrogens (tertiary/aromatic N) is 12. The topological polar surface area (TPSA) is 158 Å². The van der Waals surface area contributed by atoms with Gasteiger partial charge in [-0.1, -0.05) is 419 Å². The highest BCUT2D eigenvalue weighted by Crippen LogP contribution is 2.60. The van der Waals surface area contributed by atoms with Gasteiger partial charge in [0.15, 0.2) is 52.4 Å². The van der Waals surface area contributed by atoms with Crippen molar-refractivity contribution in [2.24, 2.45) is 0 Å². The van der Waals surface area contributed by atoms with Crippen molar-refractivity contribution in [3.8, 4) is 170 Å². The van der Waals surface area contributed by atoms with E-state index in [9.17, 15) is 0 Å². The molecule has 9 heterocycles. The summed E-state index contributed by atoms with van der Waals surface area (Å²) < 4.78 is 28.3. The van der Waals surface area contributed by atoms with Crippen LogP contribution in [0.2, 0.25) is 0 Å². The zero-order valence-corrected chi connectivity index (χ0v) is 81.1. The van der Waals surface area contributed by atoms with Gasteiger partial charge in [0.1, 0.15) is 35.6 Å². The minimum Gasteiger partial charge on any atom is -0.484 e. The summed E-state index contributed by atoms with van der Waals surface area (Å²) in [4.78, 5) is 45.3. The Morgan fingerprint density at radius 1 is 0.167 bits per heavy atom. The van der Waals surface area contributed by atoms with Gasteiger partial charge < -0.3 is 27.9 Å². The third-order valence-electron chi connectivity index (χ3n) is 29.5. The molecule has 0 amide bonds. The predicted octanol–water partition coefficient (Wildman–Crippen LogP) is 32.2. The summed E-state index contributed by atoms with van der Waals surface area (Å²) in [7, 11) is 0. The zero-order valence-electron chi connectivity index (χ0n) is 81.1. The molecule has 24 aromatic rings. The first-order valence-electron chi connectivity index (χ1n) is 50.8. The highest BCUT2D eigenvalue weighted by Gasteiger charge is 2.46. The van der Waals surface area contributed by atoms with Crippen LogP contribution < -0.4 is 14.2 Å². The molecule has 0 saturated carbocycles. The summed E-state index contributed by atoms with van der Waals surface area (Å²) in [6, 6.07) is 163. The molecular formula is C135H90N12O3. The van der Waals surface area contributed by atoms with Crippen molar-refractivity contribution in [1.82, 2.24) is 58.6 Å². The molecule has 6 aliphatic rings. The number of para-hydroxylation sites is 8. The van der Waals surface area contributed by atoms with Gasteiger partial charge in [0.05, 0.1) is 50.3 Å². The summed E-state index contributed by atoms with van der Waals surface area (Å²) in [5.74, 6) is 8.19. The van der Waals surface area contributed by atoms with E-state index >= 15 is 0 Å². The van der Waals surface area contributed by atoms with Crippen molar-refractivity contribution < 1.29 is 14.2 Å². The molecule has 15 nitrogen and oxygen atoms in total. The first kappa shape index (κ1) is 88.0. The van der Waals surface area contributed by atoms with E-state index in [1.165, 1.54) is 66.1 Å². The molecule has 0 N–H and O–H groups in total. The average molecular weight is 1930 g/mol. The molecule has 0 saturated heterocycles. The lowest BCUT2D eigenvalue weighted by Crippen LogP contribution is -2.13. The summed E-state index contributed by atoms with van der Waals surface area (Å²) in [5, 5.41) is 3.60. The molecule has 15 heteroatoms. The summed E-state index contributed by atoms with van der Waals surface area (Å²) in [5.41, 5.74) is 32.6. The van der Waals surface area contributed by atoms with Crippen LogP contribution in [0.4, 0.5) is 0 Å². The Labute approximate surface area is 865 Å². The second kappa shape index (κ2) is 37.4. The Morgan fingerprint density at radius 2 is 0.367 bits per heavy atom. The van der Waals surface area contributed by atoms with E-state index in [0.29, 0.717) is 52.4 Å². The van der Waals surface area contributed by atoms with E-state index in [0.717, 1.165) is 135 Å². The summed E-state index contributed by atoms with van der Waals surface area (Å²) in [6.07, 6.45) is 13.1. The Balaban J connectivity index is 0.000000109. The van der Waals surface area contributed by atoms with Crippen molar-refractivity contribution >= 4 is 50.9 Å². The van der Waals surface area contributed by atoms with Crippen molar-refractivity contribution in [2.75, 3.05) is 0 Å². The maximum Gasteiger partial charge on any atom is 0.167 e. The van der Waals surface area contributed by atoms with Crippen LogP contribution in [0.3, 0.4) is 0 Å². The maximum absolute atomic E-state index is 7.15. The molecule has 6 unspecified atom stereocenters. The summed E-state index contributed by atoms with van der Waals surface area (Å²) in [6.45, 7) is 0. The zero-order chi connectivity index (χ0) is 99.1. The predicted molar refractivity (Wildman–Crippen MR) is 600 cm³/mol. The van der Waals surface area contributed by atoms with Gasteiger partial charge in [-0.15, -0.1) is 0 Å². The summed E-state index contributed by atoms with van der Waals surface area (Å²) >= 11 is 0. The van der Waals surface area contributed by atoms with Crippen LogP contribution in [-0.4, -0.2) is 58.6 Å². The second-order valence-corrected chi connectivity index (χ2v) is 38.2. The monoisotopic (exact) mass is 1930 g/mol. The standard InChI is InChI=1S/C51H34N4O.C45H30N4O.C39H26N4O/c1-4-13-33(14-5-1)35-23-25-38(26-24-35)50-52-49(37-17-8-3-9-18-37)53-51(54-50)43-21-12-20-40-41-31-32-45-46(48(41)56-47(40)43)42-19-10-11-22-44(42)55(45)39-29-27-36(28-30-39)34-15-6-2-7-16-34;1-4-13-29(14-5-1)30-23-25-32(26-24-30)44-46-43(31-15-6-2-7-16-31)47-45(48-44)37-21-12-20-34-35-27-28-39-40(42(35)50-41(34)37)36-19-10-11-22-38(36)49(39)33-17-8-3-9-18-33;1-4-13-25(14-5-1)37-40-38(26-15-6-2-7-16-26)42-39(41-37)31-21-12-20-28-29-23-24-33-34(36(29)44-35(28)31)30-19-10-11-22-32(30)43(33)27-17-8-3-9-18-27/h1-32,41,48H;1-28,35,42H;1-24,29,36H. The Morgan fingerprint density at radius 3 is 0.633 bits per heavy atom. The molecular weight excluding hydrogens is 1840 g/mol.